The van der Waals surface area contributed by atoms with Gasteiger partial charge in [-0.1, -0.05) is 12.1 Å². The van der Waals surface area contributed by atoms with Crippen LogP contribution in [-0.2, 0) is 9.59 Å². The fourth-order valence-corrected chi connectivity index (χ4v) is 4.06. The Morgan fingerprint density at radius 1 is 1.00 bits per heavy atom. The average Bonchev–Trinajstić information content (AvgIpc) is 3.09. The van der Waals surface area contributed by atoms with Crippen molar-refractivity contribution in [3.05, 3.63) is 59.9 Å². The number of halogens is 1. The molecule has 4 rings (SSSR count). The van der Waals surface area contributed by atoms with Crippen LogP contribution >= 0.6 is 0 Å². The van der Waals surface area contributed by atoms with Gasteiger partial charge in [-0.05, 0) is 55.3 Å². The minimum atomic E-state index is -0.497. The van der Waals surface area contributed by atoms with Gasteiger partial charge < -0.3 is 9.80 Å². The van der Waals surface area contributed by atoms with Gasteiger partial charge in [0.15, 0.2) is 0 Å². The van der Waals surface area contributed by atoms with Gasteiger partial charge in [-0.3, -0.25) is 14.5 Å². The lowest BCUT2D eigenvalue weighted by Gasteiger charge is -2.38. The molecule has 2 aliphatic heterocycles. The van der Waals surface area contributed by atoms with Gasteiger partial charge in [0.1, 0.15) is 11.9 Å². The van der Waals surface area contributed by atoms with E-state index in [0.29, 0.717) is 31.6 Å². The Bertz CT molecular complexity index is 876. The Balaban J connectivity index is 1.44. The van der Waals surface area contributed by atoms with E-state index in [1.165, 1.54) is 28.3 Å². The first-order valence-corrected chi connectivity index (χ1v) is 9.71. The highest BCUT2D eigenvalue weighted by atomic mass is 19.1. The lowest BCUT2D eigenvalue weighted by molar-refractivity contribution is -0.133. The molecule has 2 saturated heterocycles. The predicted molar refractivity (Wildman–Crippen MR) is 107 cm³/mol. The molecular weight excluding hydrogens is 357 g/mol. The number of piperazine rings is 1. The Morgan fingerprint density at radius 2 is 1.71 bits per heavy atom. The van der Waals surface area contributed by atoms with Crippen LogP contribution in [0.4, 0.5) is 15.8 Å². The van der Waals surface area contributed by atoms with Gasteiger partial charge in [0, 0.05) is 44.0 Å². The maximum Gasteiger partial charge on any atom is 0.245 e. The average molecular weight is 381 g/mol. The molecule has 6 heteroatoms. The highest BCUT2D eigenvalue weighted by Crippen LogP contribution is 2.28. The zero-order valence-corrected chi connectivity index (χ0v) is 16.0. The van der Waals surface area contributed by atoms with Crippen molar-refractivity contribution >= 4 is 23.2 Å². The molecule has 2 amide bonds. The van der Waals surface area contributed by atoms with E-state index >= 15 is 0 Å². The summed E-state index contributed by atoms with van der Waals surface area (Å²) in [6.07, 6.45) is 0.851. The SMILES string of the molecule is Cc1cccc(N2CCN(C(=O)C3CCC(=O)N3c3ccc(F)cc3)CC2)c1. The second-order valence-corrected chi connectivity index (χ2v) is 7.45. The molecule has 2 aliphatic rings. The summed E-state index contributed by atoms with van der Waals surface area (Å²) in [6.45, 7) is 4.88. The van der Waals surface area contributed by atoms with Crippen LogP contribution in [0.5, 0.6) is 0 Å². The summed E-state index contributed by atoms with van der Waals surface area (Å²) in [5, 5.41) is 0. The van der Waals surface area contributed by atoms with E-state index in [0.717, 1.165) is 13.1 Å². The number of aryl methyl sites for hydroxylation is 1. The second kappa shape index (κ2) is 7.62. The topological polar surface area (TPSA) is 43.9 Å². The van der Waals surface area contributed by atoms with Gasteiger partial charge in [0.25, 0.3) is 0 Å². The first kappa shape index (κ1) is 18.5. The van der Waals surface area contributed by atoms with Crippen LogP contribution in [0.1, 0.15) is 18.4 Å². The summed E-state index contributed by atoms with van der Waals surface area (Å²) in [4.78, 5) is 31.2. The molecule has 0 saturated carbocycles. The van der Waals surface area contributed by atoms with E-state index in [1.807, 2.05) is 11.0 Å². The molecule has 1 unspecified atom stereocenters. The molecular formula is C22H24FN3O2. The lowest BCUT2D eigenvalue weighted by Crippen LogP contribution is -2.54. The number of carbonyl (C=O) groups excluding carboxylic acids is 2. The van der Waals surface area contributed by atoms with Gasteiger partial charge in [-0.15, -0.1) is 0 Å². The maximum atomic E-state index is 13.2. The number of carbonyl (C=O) groups is 2. The monoisotopic (exact) mass is 381 g/mol. The number of anilines is 2. The Kier molecular flexibility index (Phi) is 5.03. The van der Waals surface area contributed by atoms with Crippen molar-refractivity contribution in [2.45, 2.75) is 25.8 Å². The zero-order chi connectivity index (χ0) is 19.7. The zero-order valence-electron chi connectivity index (χ0n) is 16.0. The van der Waals surface area contributed by atoms with Crippen molar-refractivity contribution in [1.82, 2.24) is 4.90 Å². The second-order valence-electron chi connectivity index (χ2n) is 7.45. The molecule has 2 aromatic rings. The molecule has 146 valence electrons. The molecule has 5 nitrogen and oxygen atoms in total. The van der Waals surface area contributed by atoms with Gasteiger partial charge in [0.05, 0.1) is 0 Å². The molecule has 28 heavy (non-hydrogen) atoms. The molecule has 0 aliphatic carbocycles. The van der Waals surface area contributed by atoms with Gasteiger partial charge in [0.2, 0.25) is 11.8 Å². The number of rotatable bonds is 3. The summed E-state index contributed by atoms with van der Waals surface area (Å²) in [5.41, 5.74) is 2.98. The third-order valence-corrected chi connectivity index (χ3v) is 5.56. The third kappa shape index (κ3) is 3.59. The van der Waals surface area contributed by atoms with Crippen molar-refractivity contribution < 1.29 is 14.0 Å². The summed E-state index contributed by atoms with van der Waals surface area (Å²) < 4.78 is 13.2. The van der Waals surface area contributed by atoms with Gasteiger partial charge >= 0.3 is 0 Å². The Hall–Kier alpha value is -2.89. The molecule has 2 heterocycles. The standard InChI is InChI=1S/C22H24FN3O2/c1-16-3-2-4-19(15-16)24-11-13-25(14-12-24)22(28)20-9-10-21(27)26(20)18-7-5-17(23)6-8-18/h2-8,15,20H,9-14H2,1H3. The van der Waals surface area contributed by atoms with Crippen LogP contribution in [0.25, 0.3) is 0 Å². The number of amides is 2. The van der Waals surface area contributed by atoms with E-state index in [1.54, 1.807) is 12.1 Å². The fraction of sp³-hybridized carbons (Fsp3) is 0.364. The normalized spacial score (nSPS) is 20.0. The van der Waals surface area contributed by atoms with E-state index in [2.05, 4.69) is 30.0 Å². The first-order chi connectivity index (χ1) is 13.5. The minimum Gasteiger partial charge on any atom is -0.368 e. The molecule has 2 aromatic carbocycles. The largest absolute Gasteiger partial charge is 0.368 e. The molecule has 2 fully saturated rings. The number of hydrogen-bond acceptors (Lipinski definition) is 3. The summed E-state index contributed by atoms with van der Waals surface area (Å²) in [5.74, 6) is -0.451. The van der Waals surface area contributed by atoms with Crippen LogP contribution in [0.3, 0.4) is 0 Å². The third-order valence-electron chi connectivity index (χ3n) is 5.56. The van der Waals surface area contributed by atoms with Gasteiger partial charge in [-0.2, -0.15) is 0 Å². The van der Waals surface area contributed by atoms with Gasteiger partial charge in [-0.25, -0.2) is 4.39 Å². The quantitative estimate of drug-likeness (QED) is 0.821. The van der Waals surface area contributed by atoms with Crippen molar-refractivity contribution in [2.75, 3.05) is 36.0 Å². The summed E-state index contributed by atoms with van der Waals surface area (Å²) in [6, 6.07) is 13.6. The van der Waals surface area contributed by atoms with E-state index in [9.17, 15) is 14.0 Å². The highest BCUT2D eigenvalue weighted by Gasteiger charge is 2.39. The molecule has 0 radical (unpaired) electrons. The number of benzene rings is 2. The van der Waals surface area contributed by atoms with E-state index in [-0.39, 0.29) is 17.6 Å². The minimum absolute atomic E-state index is 0.0148. The van der Waals surface area contributed by atoms with Crippen LogP contribution in [-0.4, -0.2) is 48.9 Å². The van der Waals surface area contributed by atoms with Crippen molar-refractivity contribution in [3.8, 4) is 0 Å². The molecule has 0 spiro atoms. The van der Waals surface area contributed by atoms with Crippen LogP contribution in [0.2, 0.25) is 0 Å². The molecule has 0 aromatic heterocycles. The number of hydrogen-bond donors (Lipinski definition) is 0. The summed E-state index contributed by atoms with van der Waals surface area (Å²) >= 11 is 0. The highest BCUT2D eigenvalue weighted by molar-refractivity contribution is 6.03. The van der Waals surface area contributed by atoms with E-state index < -0.39 is 6.04 Å². The maximum absolute atomic E-state index is 13.2. The Labute approximate surface area is 164 Å². The lowest BCUT2D eigenvalue weighted by atomic mass is 10.1. The van der Waals surface area contributed by atoms with Crippen LogP contribution < -0.4 is 9.80 Å². The number of nitrogens with zero attached hydrogens (tertiary/aromatic N) is 3. The first-order valence-electron chi connectivity index (χ1n) is 9.71. The fourth-order valence-electron chi connectivity index (χ4n) is 4.06. The Morgan fingerprint density at radius 3 is 2.39 bits per heavy atom. The van der Waals surface area contributed by atoms with Crippen molar-refractivity contribution in [3.63, 3.8) is 0 Å². The smallest absolute Gasteiger partial charge is 0.245 e. The molecule has 0 bridgehead atoms. The van der Waals surface area contributed by atoms with Crippen LogP contribution in [0, 0.1) is 12.7 Å². The van der Waals surface area contributed by atoms with Crippen molar-refractivity contribution in [1.29, 1.82) is 0 Å². The van der Waals surface area contributed by atoms with Crippen LogP contribution in [0.15, 0.2) is 48.5 Å². The van der Waals surface area contributed by atoms with Crippen molar-refractivity contribution in [2.24, 2.45) is 0 Å². The predicted octanol–water partition coefficient (Wildman–Crippen LogP) is 2.98. The molecule has 1 atom stereocenters. The molecule has 0 N–H and O–H groups in total. The summed E-state index contributed by atoms with van der Waals surface area (Å²) in [7, 11) is 0. The van der Waals surface area contributed by atoms with E-state index in [4.69, 9.17) is 0 Å².